The largest absolute Gasteiger partial charge is 0.483 e. The maximum absolute atomic E-state index is 11.2. The monoisotopic (exact) mass is 244 g/mol. The predicted octanol–water partition coefficient (Wildman–Crippen LogP) is 1.29. The summed E-state index contributed by atoms with van der Waals surface area (Å²) in [6.07, 6.45) is 0. The molecule has 0 bridgehead atoms. The molecule has 0 saturated carbocycles. The van der Waals surface area contributed by atoms with Crippen molar-refractivity contribution < 1.29 is 13.9 Å². The molecule has 4 nitrogen and oxygen atoms in total. The van der Waals surface area contributed by atoms with Gasteiger partial charge in [0.25, 0.3) is 0 Å². The van der Waals surface area contributed by atoms with Crippen molar-refractivity contribution in [2.45, 2.75) is 6.92 Å². The molecule has 1 aliphatic heterocycles. The topological polar surface area (TPSA) is 56.5 Å². The van der Waals surface area contributed by atoms with Gasteiger partial charge in [-0.25, -0.2) is 4.79 Å². The molecule has 0 amide bonds. The summed E-state index contributed by atoms with van der Waals surface area (Å²) in [6, 6.07) is 0. The van der Waals surface area contributed by atoms with Gasteiger partial charge in [-0.05, 0) is 22.9 Å². The minimum Gasteiger partial charge on any atom is -0.483 e. The molecule has 68 valence electrons. The van der Waals surface area contributed by atoms with Gasteiger partial charge in [0.05, 0.1) is 4.47 Å². The van der Waals surface area contributed by atoms with Gasteiger partial charge >= 0.3 is 5.63 Å². The van der Waals surface area contributed by atoms with E-state index in [2.05, 4.69) is 15.9 Å². The van der Waals surface area contributed by atoms with Gasteiger partial charge in [0, 0.05) is 0 Å². The van der Waals surface area contributed by atoms with Crippen LogP contribution >= 0.6 is 15.9 Å². The zero-order valence-corrected chi connectivity index (χ0v) is 8.30. The molecule has 13 heavy (non-hydrogen) atoms. The number of hydrogen-bond donors (Lipinski definition) is 0. The first-order valence-electron chi connectivity index (χ1n) is 3.60. The third-order valence-electron chi connectivity index (χ3n) is 1.81. The molecule has 0 radical (unpaired) electrons. The van der Waals surface area contributed by atoms with Crippen molar-refractivity contribution in [2.75, 3.05) is 6.61 Å². The Hall–Kier alpha value is -1.10. The number of aryl methyl sites for hydroxylation is 1. The molecule has 1 aromatic rings. The quantitative estimate of drug-likeness (QED) is 0.690. The van der Waals surface area contributed by atoms with Crippen LogP contribution in [0.5, 0.6) is 5.75 Å². The minimum absolute atomic E-state index is 0.0116. The Labute approximate surface area is 81.6 Å². The zero-order valence-electron chi connectivity index (χ0n) is 6.72. The fourth-order valence-corrected chi connectivity index (χ4v) is 1.58. The van der Waals surface area contributed by atoms with Gasteiger partial charge in [-0.2, -0.15) is 0 Å². The molecule has 2 heterocycles. The minimum atomic E-state index is -0.627. The Morgan fingerprint density at radius 3 is 2.77 bits per heavy atom. The Balaban J connectivity index is 2.84. The zero-order chi connectivity index (χ0) is 9.59. The van der Waals surface area contributed by atoms with Crippen molar-refractivity contribution in [1.82, 2.24) is 0 Å². The second-order valence-corrected chi connectivity index (χ2v) is 3.47. The second-order valence-electron chi connectivity index (χ2n) is 2.68. The number of carbonyl (C=O) groups is 1. The van der Waals surface area contributed by atoms with Gasteiger partial charge in [0.15, 0.2) is 12.4 Å². The smallest absolute Gasteiger partial charge is 0.350 e. The molecule has 0 unspecified atom stereocenters. The number of halogens is 1. The number of hydrogen-bond acceptors (Lipinski definition) is 4. The highest BCUT2D eigenvalue weighted by Gasteiger charge is 2.29. The van der Waals surface area contributed by atoms with Crippen molar-refractivity contribution in [1.29, 1.82) is 0 Å². The van der Waals surface area contributed by atoms with E-state index in [0.717, 1.165) is 0 Å². The Kier molecular flexibility index (Phi) is 1.76. The lowest BCUT2D eigenvalue weighted by molar-refractivity contribution is 0.0959. The van der Waals surface area contributed by atoms with Crippen molar-refractivity contribution in [2.24, 2.45) is 0 Å². The second kappa shape index (κ2) is 2.70. The number of ether oxygens (including phenoxy) is 1. The van der Waals surface area contributed by atoms with Crippen molar-refractivity contribution in [3.05, 3.63) is 26.2 Å². The standard InChI is InChI=1S/C8H5BrO4/c1-3-6(9)7-5(8(11)13-3)4(10)2-12-7/h2H2,1H3. The molecular formula is C8H5BrO4. The van der Waals surface area contributed by atoms with Gasteiger partial charge in [-0.15, -0.1) is 0 Å². The van der Waals surface area contributed by atoms with E-state index in [0.29, 0.717) is 16.0 Å². The molecule has 0 spiro atoms. The number of rotatable bonds is 0. The summed E-state index contributed by atoms with van der Waals surface area (Å²) in [5, 5.41) is 0. The molecule has 0 N–H and O–H groups in total. The maximum atomic E-state index is 11.2. The summed E-state index contributed by atoms with van der Waals surface area (Å²) in [5.41, 5.74) is -0.615. The highest BCUT2D eigenvalue weighted by Crippen LogP contribution is 2.33. The number of ketones is 1. The average Bonchev–Trinajstić information content (AvgIpc) is 2.44. The Bertz CT molecular complexity index is 446. The SMILES string of the molecule is Cc1oc(=O)c2c(c1Br)OCC2=O. The lowest BCUT2D eigenvalue weighted by Crippen LogP contribution is -2.11. The molecule has 0 aliphatic carbocycles. The molecule has 0 saturated heterocycles. The van der Waals surface area contributed by atoms with Crippen molar-refractivity contribution >= 4 is 21.7 Å². The van der Waals surface area contributed by atoms with Gasteiger partial charge in [0.2, 0.25) is 5.78 Å². The highest BCUT2D eigenvalue weighted by molar-refractivity contribution is 9.10. The van der Waals surface area contributed by atoms with Crippen LogP contribution in [-0.2, 0) is 0 Å². The van der Waals surface area contributed by atoms with E-state index < -0.39 is 5.63 Å². The van der Waals surface area contributed by atoms with E-state index in [9.17, 15) is 9.59 Å². The van der Waals surface area contributed by atoms with E-state index in [1.807, 2.05) is 0 Å². The lowest BCUT2D eigenvalue weighted by Gasteiger charge is -2.01. The lowest BCUT2D eigenvalue weighted by atomic mass is 10.2. The molecule has 0 atom stereocenters. The molecule has 0 fully saturated rings. The summed E-state index contributed by atoms with van der Waals surface area (Å²) >= 11 is 3.18. The summed E-state index contributed by atoms with van der Waals surface area (Å²) < 4.78 is 10.4. The first-order chi connectivity index (χ1) is 6.11. The van der Waals surface area contributed by atoms with Crippen molar-refractivity contribution in [3.63, 3.8) is 0 Å². The number of Topliss-reactive ketones (excluding diaryl/α,β-unsaturated/α-hetero) is 1. The molecular weight excluding hydrogens is 240 g/mol. The van der Waals surface area contributed by atoms with Crippen LogP contribution < -0.4 is 10.4 Å². The maximum Gasteiger partial charge on any atom is 0.350 e. The molecule has 1 aromatic heterocycles. The third kappa shape index (κ3) is 1.11. The van der Waals surface area contributed by atoms with Crippen LogP contribution in [0.25, 0.3) is 0 Å². The Morgan fingerprint density at radius 1 is 1.38 bits per heavy atom. The van der Waals surface area contributed by atoms with Gasteiger partial charge in [0.1, 0.15) is 11.3 Å². The number of fused-ring (bicyclic) bond motifs is 1. The molecule has 0 aromatic carbocycles. The predicted molar refractivity (Wildman–Crippen MR) is 47.2 cm³/mol. The molecule has 2 rings (SSSR count). The van der Waals surface area contributed by atoms with E-state index in [1.165, 1.54) is 0 Å². The summed E-state index contributed by atoms with van der Waals surface area (Å²) in [6.45, 7) is 1.54. The van der Waals surface area contributed by atoms with E-state index >= 15 is 0 Å². The van der Waals surface area contributed by atoms with Crippen LogP contribution in [0.1, 0.15) is 16.1 Å². The first-order valence-corrected chi connectivity index (χ1v) is 4.39. The van der Waals surface area contributed by atoms with Crippen LogP contribution in [0.2, 0.25) is 0 Å². The van der Waals surface area contributed by atoms with Crippen molar-refractivity contribution in [3.8, 4) is 5.75 Å². The highest BCUT2D eigenvalue weighted by atomic mass is 79.9. The third-order valence-corrected chi connectivity index (χ3v) is 2.73. The molecule has 5 heteroatoms. The van der Waals surface area contributed by atoms with Gasteiger partial charge in [-0.3, -0.25) is 4.79 Å². The fraction of sp³-hybridized carbons (Fsp3) is 0.250. The Morgan fingerprint density at radius 2 is 2.08 bits per heavy atom. The summed E-state index contributed by atoms with van der Waals surface area (Å²) in [5.74, 6) is 0.390. The van der Waals surface area contributed by atoms with E-state index in [1.54, 1.807) is 6.92 Å². The van der Waals surface area contributed by atoms with E-state index in [-0.39, 0.29) is 18.0 Å². The summed E-state index contributed by atoms with van der Waals surface area (Å²) in [7, 11) is 0. The normalized spacial score (nSPS) is 14.2. The van der Waals surface area contributed by atoms with Crippen LogP contribution in [0.4, 0.5) is 0 Å². The molecule has 1 aliphatic rings. The fourth-order valence-electron chi connectivity index (χ4n) is 1.18. The number of carbonyl (C=O) groups excluding carboxylic acids is 1. The first kappa shape index (κ1) is 8.50. The van der Waals surface area contributed by atoms with Crippen LogP contribution in [-0.4, -0.2) is 12.4 Å². The van der Waals surface area contributed by atoms with Crippen LogP contribution in [0.15, 0.2) is 13.7 Å². The van der Waals surface area contributed by atoms with Gasteiger partial charge in [-0.1, -0.05) is 0 Å². The van der Waals surface area contributed by atoms with Gasteiger partial charge < -0.3 is 9.15 Å². The van der Waals surface area contributed by atoms with Crippen LogP contribution in [0, 0.1) is 6.92 Å². The van der Waals surface area contributed by atoms with E-state index in [4.69, 9.17) is 9.15 Å². The summed E-state index contributed by atoms with van der Waals surface area (Å²) in [4.78, 5) is 22.4. The average molecular weight is 245 g/mol. The van der Waals surface area contributed by atoms with Crippen LogP contribution in [0.3, 0.4) is 0 Å².